The van der Waals surface area contributed by atoms with Crippen LogP contribution in [0, 0.1) is 0 Å². The molecule has 0 aliphatic heterocycles. The van der Waals surface area contributed by atoms with E-state index < -0.39 is 17.6 Å². The summed E-state index contributed by atoms with van der Waals surface area (Å²) in [6.07, 6.45) is 1.32. The lowest BCUT2D eigenvalue weighted by Gasteiger charge is -2.21. The first kappa shape index (κ1) is 21.4. The molecule has 2 aromatic rings. The normalized spacial score (nSPS) is 10.7. The number of nitrogens with one attached hydrogen (secondary N) is 1. The highest BCUT2D eigenvalue weighted by molar-refractivity contribution is 7.99. The van der Waals surface area contributed by atoms with Gasteiger partial charge in [-0.2, -0.15) is 8.78 Å². The van der Waals surface area contributed by atoms with Gasteiger partial charge in [0, 0.05) is 12.7 Å². The smallest absolute Gasteiger partial charge is 0.290 e. The topological polar surface area (TPSA) is 62.3 Å². The zero-order valence-corrected chi connectivity index (χ0v) is 16.4. The van der Waals surface area contributed by atoms with Crippen LogP contribution >= 0.6 is 35.0 Å². The standard InChI is InChI=1S/C17H15Cl2F2N3O2S/c1-2-24(9-13(25)23-14-11(18)6-3-7-12(14)19)16(26)10-5-4-8-22-15(10)27-17(20)21/h3-8,17H,2,9H2,1H3,(H,23,25). The Morgan fingerprint density at radius 2 is 1.89 bits per heavy atom. The number of thioether (sulfide) groups is 1. The molecule has 144 valence electrons. The maximum atomic E-state index is 12.7. The van der Waals surface area contributed by atoms with Crippen LogP contribution in [0.3, 0.4) is 0 Å². The first-order valence-electron chi connectivity index (χ1n) is 7.76. The van der Waals surface area contributed by atoms with Crippen LogP contribution in [0.5, 0.6) is 0 Å². The molecule has 2 rings (SSSR count). The lowest BCUT2D eigenvalue weighted by atomic mass is 10.2. The molecule has 0 saturated carbocycles. The predicted octanol–water partition coefficient (Wildman–Crippen LogP) is 4.80. The molecule has 0 saturated heterocycles. The average molecular weight is 434 g/mol. The first-order valence-corrected chi connectivity index (χ1v) is 9.40. The molecule has 5 nitrogen and oxygen atoms in total. The number of amides is 2. The van der Waals surface area contributed by atoms with Crippen LogP contribution in [-0.4, -0.2) is 40.5 Å². The third-order valence-corrected chi connectivity index (χ3v) is 4.79. The number of aromatic nitrogens is 1. The van der Waals surface area contributed by atoms with Crippen LogP contribution in [0.1, 0.15) is 17.3 Å². The van der Waals surface area contributed by atoms with E-state index in [0.29, 0.717) is 0 Å². The Hall–Kier alpha value is -1.90. The van der Waals surface area contributed by atoms with E-state index in [1.54, 1.807) is 25.1 Å². The number of halogens is 4. The lowest BCUT2D eigenvalue weighted by molar-refractivity contribution is -0.116. The highest BCUT2D eigenvalue weighted by Gasteiger charge is 2.23. The van der Waals surface area contributed by atoms with E-state index in [2.05, 4.69) is 10.3 Å². The van der Waals surface area contributed by atoms with E-state index in [4.69, 9.17) is 23.2 Å². The number of carbonyl (C=O) groups excluding carboxylic acids is 2. The minimum absolute atomic E-state index is 0.00762. The summed E-state index contributed by atoms with van der Waals surface area (Å²) in [6.45, 7) is 1.56. The molecule has 0 fully saturated rings. The number of pyridine rings is 1. The molecule has 10 heteroatoms. The zero-order valence-electron chi connectivity index (χ0n) is 14.1. The van der Waals surface area contributed by atoms with Gasteiger partial charge in [-0.3, -0.25) is 9.59 Å². The minimum atomic E-state index is -2.72. The Kier molecular flexibility index (Phi) is 7.82. The van der Waals surface area contributed by atoms with Crippen molar-refractivity contribution in [3.8, 4) is 0 Å². The van der Waals surface area contributed by atoms with Gasteiger partial charge in [-0.05, 0) is 43.0 Å². The molecular weight excluding hydrogens is 419 g/mol. The molecule has 1 N–H and O–H groups in total. The zero-order chi connectivity index (χ0) is 20.0. The molecule has 1 aromatic carbocycles. The Morgan fingerprint density at radius 1 is 1.22 bits per heavy atom. The number of nitrogens with zero attached hydrogens (tertiary/aromatic N) is 2. The van der Waals surface area contributed by atoms with Crippen molar-refractivity contribution in [1.82, 2.24) is 9.88 Å². The van der Waals surface area contributed by atoms with Gasteiger partial charge in [0.1, 0.15) is 11.6 Å². The van der Waals surface area contributed by atoms with Crippen LogP contribution in [0.2, 0.25) is 10.0 Å². The third-order valence-electron chi connectivity index (χ3n) is 3.43. The summed E-state index contributed by atoms with van der Waals surface area (Å²) in [6, 6.07) is 7.63. The number of likely N-dealkylation sites (N-methyl/N-ethyl adjacent to an activating group) is 1. The van der Waals surface area contributed by atoms with E-state index in [1.165, 1.54) is 23.2 Å². The molecule has 0 aliphatic rings. The Morgan fingerprint density at radius 3 is 2.48 bits per heavy atom. The Balaban J connectivity index is 2.15. The number of alkyl halides is 2. The monoisotopic (exact) mass is 433 g/mol. The van der Waals surface area contributed by atoms with E-state index >= 15 is 0 Å². The summed E-state index contributed by atoms with van der Waals surface area (Å²) in [5.41, 5.74) is 0.248. The van der Waals surface area contributed by atoms with Crippen LogP contribution in [0.4, 0.5) is 14.5 Å². The van der Waals surface area contributed by atoms with Crippen LogP contribution in [0.25, 0.3) is 0 Å². The summed E-state index contributed by atoms with van der Waals surface area (Å²) < 4.78 is 25.4. The van der Waals surface area contributed by atoms with E-state index in [1.807, 2.05) is 0 Å². The van der Waals surface area contributed by atoms with Crippen LogP contribution in [0.15, 0.2) is 41.6 Å². The van der Waals surface area contributed by atoms with Crippen molar-refractivity contribution >= 4 is 52.5 Å². The predicted molar refractivity (Wildman–Crippen MR) is 103 cm³/mol. The van der Waals surface area contributed by atoms with Crippen molar-refractivity contribution in [2.75, 3.05) is 18.4 Å². The van der Waals surface area contributed by atoms with E-state index in [-0.39, 0.29) is 51.2 Å². The average Bonchev–Trinajstić information content (AvgIpc) is 2.62. The number of para-hydroxylation sites is 1. The molecule has 0 unspecified atom stereocenters. The van der Waals surface area contributed by atoms with Gasteiger partial charge < -0.3 is 10.2 Å². The molecule has 1 aromatic heterocycles. The third kappa shape index (κ3) is 5.79. The van der Waals surface area contributed by atoms with Gasteiger partial charge in [0.15, 0.2) is 0 Å². The summed E-state index contributed by atoms with van der Waals surface area (Å²) in [7, 11) is 0. The maximum absolute atomic E-state index is 12.7. The molecule has 2 amide bonds. The number of carbonyl (C=O) groups is 2. The highest BCUT2D eigenvalue weighted by Crippen LogP contribution is 2.30. The van der Waals surface area contributed by atoms with Crippen molar-refractivity contribution in [2.45, 2.75) is 17.7 Å². The molecule has 0 atom stereocenters. The van der Waals surface area contributed by atoms with E-state index in [0.717, 1.165) is 0 Å². The van der Waals surface area contributed by atoms with Crippen molar-refractivity contribution in [1.29, 1.82) is 0 Å². The quantitative estimate of drug-likeness (QED) is 0.636. The Labute approximate surface area is 169 Å². The van der Waals surface area contributed by atoms with Gasteiger partial charge in [-0.15, -0.1) is 0 Å². The van der Waals surface area contributed by atoms with Gasteiger partial charge in [-0.25, -0.2) is 4.98 Å². The maximum Gasteiger partial charge on any atom is 0.290 e. The SMILES string of the molecule is CCN(CC(=O)Nc1c(Cl)cccc1Cl)C(=O)c1cccnc1SC(F)F. The Bertz CT molecular complexity index is 819. The molecule has 27 heavy (non-hydrogen) atoms. The van der Waals surface area contributed by atoms with Gasteiger partial charge in [0.2, 0.25) is 5.91 Å². The van der Waals surface area contributed by atoms with Crippen LogP contribution < -0.4 is 5.32 Å². The second kappa shape index (κ2) is 9.87. The van der Waals surface area contributed by atoms with Crippen molar-refractivity contribution in [3.05, 3.63) is 52.1 Å². The van der Waals surface area contributed by atoms with Crippen molar-refractivity contribution in [3.63, 3.8) is 0 Å². The fraction of sp³-hybridized carbons (Fsp3) is 0.235. The molecule has 1 heterocycles. The molecular formula is C17H15Cl2F2N3O2S. The molecule has 0 bridgehead atoms. The van der Waals surface area contributed by atoms with Gasteiger partial charge in [0.25, 0.3) is 11.7 Å². The lowest BCUT2D eigenvalue weighted by Crippen LogP contribution is -2.38. The number of hydrogen-bond donors (Lipinski definition) is 1. The molecule has 0 radical (unpaired) electrons. The number of anilines is 1. The number of hydrogen-bond acceptors (Lipinski definition) is 4. The molecule has 0 aliphatic carbocycles. The molecule has 0 spiro atoms. The summed E-state index contributed by atoms with van der Waals surface area (Å²) in [5, 5.41) is 2.98. The summed E-state index contributed by atoms with van der Waals surface area (Å²) in [4.78, 5) is 30.1. The van der Waals surface area contributed by atoms with Crippen molar-refractivity contribution < 1.29 is 18.4 Å². The summed E-state index contributed by atoms with van der Waals surface area (Å²) in [5.74, 6) is -3.81. The van der Waals surface area contributed by atoms with Gasteiger partial charge in [0.05, 0.1) is 21.3 Å². The second-order valence-electron chi connectivity index (χ2n) is 5.20. The van der Waals surface area contributed by atoms with E-state index in [9.17, 15) is 18.4 Å². The number of benzene rings is 1. The number of rotatable bonds is 7. The van der Waals surface area contributed by atoms with Crippen LogP contribution in [-0.2, 0) is 4.79 Å². The minimum Gasteiger partial charge on any atom is -0.330 e. The fourth-order valence-electron chi connectivity index (χ4n) is 2.20. The highest BCUT2D eigenvalue weighted by atomic mass is 35.5. The van der Waals surface area contributed by atoms with Gasteiger partial charge in [-0.1, -0.05) is 29.3 Å². The second-order valence-corrected chi connectivity index (χ2v) is 6.99. The van der Waals surface area contributed by atoms with Crippen molar-refractivity contribution in [2.24, 2.45) is 0 Å². The first-order chi connectivity index (χ1) is 12.8. The largest absolute Gasteiger partial charge is 0.330 e. The fourth-order valence-corrected chi connectivity index (χ4v) is 3.26. The van der Waals surface area contributed by atoms with Gasteiger partial charge >= 0.3 is 0 Å². The summed E-state index contributed by atoms with van der Waals surface area (Å²) >= 11 is 12.2.